The third-order valence-electron chi connectivity index (χ3n) is 8.38. The first-order chi connectivity index (χ1) is 16.9. The Labute approximate surface area is 211 Å². The number of terminal acetylenes is 1. The smallest absolute Gasteiger partial charge is 0.274 e. The highest BCUT2D eigenvalue weighted by atomic mass is 16.3. The minimum atomic E-state index is -0.589. The number of nitrogens with zero attached hydrogens (tertiary/aromatic N) is 3. The first-order valence-electron chi connectivity index (χ1n) is 13.8. The number of hydrogen-bond donors (Lipinski definition) is 2. The number of carbonyl (C=O) groups is 1. The molecule has 1 amide bonds. The number of aromatic nitrogens is 2. The van der Waals surface area contributed by atoms with Gasteiger partial charge in [0.25, 0.3) is 5.91 Å². The molecule has 2 unspecified atom stereocenters. The SMILES string of the molecule is C#CCC(C)/C=C\Cc1c(C(=O)N2CCNC[C@H]2CC)ncn1CC1CCCC[C@@]1(O)CC1CC1. The second-order valence-corrected chi connectivity index (χ2v) is 11.2. The van der Waals surface area contributed by atoms with Crippen LogP contribution in [0.25, 0.3) is 0 Å². The number of piperazine rings is 1. The zero-order valence-corrected chi connectivity index (χ0v) is 21.7. The molecule has 1 saturated heterocycles. The van der Waals surface area contributed by atoms with Crippen LogP contribution < -0.4 is 5.32 Å². The summed E-state index contributed by atoms with van der Waals surface area (Å²) >= 11 is 0. The lowest BCUT2D eigenvalue weighted by molar-refractivity contribution is -0.0650. The maximum Gasteiger partial charge on any atom is 0.274 e. The summed E-state index contributed by atoms with van der Waals surface area (Å²) < 4.78 is 2.17. The van der Waals surface area contributed by atoms with Gasteiger partial charge in [-0.25, -0.2) is 4.98 Å². The molecule has 4 atom stereocenters. The molecule has 6 heteroatoms. The van der Waals surface area contributed by atoms with Gasteiger partial charge in [-0.15, -0.1) is 12.3 Å². The molecule has 1 aliphatic heterocycles. The van der Waals surface area contributed by atoms with Gasteiger partial charge in [-0.05, 0) is 37.5 Å². The van der Waals surface area contributed by atoms with Crippen LogP contribution in [0.5, 0.6) is 0 Å². The lowest BCUT2D eigenvalue weighted by Crippen LogP contribution is -2.53. The monoisotopic (exact) mass is 480 g/mol. The van der Waals surface area contributed by atoms with Crippen molar-refractivity contribution in [3.05, 3.63) is 29.9 Å². The number of carbonyl (C=O) groups excluding carboxylic acids is 1. The summed E-state index contributed by atoms with van der Waals surface area (Å²) in [6.07, 6.45) is 21.5. The van der Waals surface area contributed by atoms with Gasteiger partial charge in [-0.2, -0.15) is 0 Å². The highest BCUT2D eigenvalue weighted by Gasteiger charge is 2.43. The molecule has 0 bridgehead atoms. The van der Waals surface area contributed by atoms with Crippen molar-refractivity contribution < 1.29 is 9.90 Å². The predicted octanol–water partition coefficient (Wildman–Crippen LogP) is 4.19. The second-order valence-electron chi connectivity index (χ2n) is 11.2. The highest BCUT2D eigenvalue weighted by Crippen LogP contribution is 2.45. The lowest BCUT2D eigenvalue weighted by atomic mass is 9.72. The first-order valence-corrected chi connectivity index (χ1v) is 13.8. The molecule has 192 valence electrons. The number of allylic oxidation sites excluding steroid dienone is 2. The molecule has 2 N–H and O–H groups in total. The van der Waals surface area contributed by atoms with Gasteiger partial charge >= 0.3 is 0 Å². The van der Waals surface area contributed by atoms with Crippen LogP contribution in [0.3, 0.4) is 0 Å². The molecule has 2 heterocycles. The number of hydrogen-bond acceptors (Lipinski definition) is 4. The number of nitrogens with one attached hydrogen (secondary N) is 1. The second kappa shape index (κ2) is 11.8. The lowest BCUT2D eigenvalue weighted by Gasteiger charge is -2.41. The summed E-state index contributed by atoms with van der Waals surface area (Å²) in [5.74, 6) is 3.97. The summed E-state index contributed by atoms with van der Waals surface area (Å²) in [4.78, 5) is 20.4. The molecule has 0 spiro atoms. The van der Waals surface area contributed by atoms with Gasteiger partial charge < -0.3 is 19.9 Å². The van der Waals surface area contributed by atoms with Crippen molar-refractivity contribution in [2.24, 2.45) is 17.8 Å². The van der Waals surface area contributed by atoms with Gasteiger partial charge in [-0.3, -0.25) is 4.79 Å². The fourth-order valence-electron chi connectivity index (χ4n) is 6.04. The van der Waals surface area contributed by atoms with Crippen molar-refractivity contribution in [1.29, 1.82) is 0 Å². The van der Waals surface area contributed by atoms with E-state index in [4.69, 9.17) is 6.42 Å². The first kappa shape index (κ1) is 26.0. The van der Waals surface area contributed by atoms with Crippen molar-refractivity contribution in [3.63, 3.8) is 0 Å². The Kier molecular flexibility index (Phi) is 8.73. The molecule has 0 aromatic carbocycles. The Balaban J connectivity index is 1.59. The third-order valence-corrected chi connectivity index (χ3v) is 8.38. The van der Waals surface area contributed by atoms with Crippen LogP contribution in [0.4, 0.5) is 0 Å². The van der Waals surface area contributed by atoms with E-state index in [-0.39, 0.29) is 17.9 Å². The van der Waals surface area contributed by atoms with E-state index in [1.165, 1.54) is 12.8 Å². The molecule has 35 heavy (non-hydrogen) atoms. The number of aliphatic hydroxyl groups is 1. The fraction of sp³-hybridized carbons (Fsp3) is 0.724. The minimum Gasteiger partial charge on any atom is -0.390 e. The predicted molar refractivity (Wildman–Crippen MR) is 140 cm³/mol. The Morgan fingerprint density at radius 1 is 1.40 bits per heavy atom. The summed E-state index contributed by atoms with van der Waals surface area (Å²) in [6.45, 7) is 7.34. The van der Waals surface area contributed by atoms with Crippen molar-refractivity contribution >= 4 is 5.91 Å². The van der Waals surface area contributed by atoms with Crippen LogP contribution in [-0.2, 0) is 13.0 Å². The standard InChI is InChI=1S/C29H44N4O2/c1-4-9-22(3)10-8-12-26-27(28(34)33-17-16-30-19-25(33)5-2)31-21-32(26)20-24-11-6-7-15-29(24,35)18-23-13-14-23/h1,8,10,21-25,30,35H,5-7,9,11-20H2,2-3H3/b10-8-/t22?,24?,25-,29-/m1/s1. The van der Waals surface area contributed by atoms with Gasteiger partial charge in [0.05, 0.1) is 17.6 Å². The average molecular weight is 481 g/mol. The normalized spacial score (nSPS) is 28.2. The zero-order chi connectivity index (χ0) is 24.8. The van der Waals surface area contributed by atoms with Crippen molar-refractivity contribution in [2.45, 2.75) is 96.2 Å². The molecule has 1 aromatic heterocycles. The van der Waals surface area contributed by atoms with Gasteiger partial charge in [0, 0.05) is 51.0 Å². The van der Waals surface area contributed by atoms with Crippen LogP contribution in [0, 0.1) is 30.1 Å². The van der Waals surface area contributed by atoms with Crippen LogP contribution in [0.1, 0.15) is 87.8 Å². The molecule has 0 radical (unpaired) electrons. The third kappa shape index (κ3) is 6.37. The van der Waals surface area contributed by atoms with Crippen molar-refractivity contribution in [1.82, 2.24) is 19.8 Å². The minimum absolute atomic E-state index is 0.0362. The Morgan fingerprint density at radius 2 is 2.23 bits per heavy atom. The summed E-state index contributed by atoms with van der Waals surface area (Å²) in [5, 5.41) is 15.0. The number of amides is 1. The van der Waals surface area contributed by atoms with E-state index in [2.05, 4.69) is 46.8 Å². The Morgan fingerprint density at radius 3 is 2.97 bits per heavy atom. The Hall–Kier alpha value is -2.10. The van der Waals surface area contributed by atoms with Gasteiger partial charge in [-0.1, -0.05) is 51.7 Å². The average Bonchev–Trinajstić information content (AvgIpc) is 3.58. The van der Waals surface area contributed by atoms with Crippen LogP contribution in [0.15, 0.2) is 18.5 Å². The van der Waals surface area contributed by atoms with E-state index in [0.717, 1.165) is 63.9 Å². The Bertz CT molecular complexity index is 928. The summed E-state index contributed by atoms with van der Waals surface area (Å²) in [5.41, 5.74) is 0.946. The van der Waals surface area contributed by atoms with E-state index in [1.807, 2.05) is 11.2 Å². The fourth-order valence-corrected chi connectivity index (χ4v) is 6.04. The van der Waals surface area contributed by atoms with E-state index in [0.29, 0.717) is 36.9 Å². The van der Waals surface area contributed by atoms with Gasteiger partial charge in [0.2, 0.25) is 0 Å². The quantitative estimate of drug-likeness (QED) is 0.389. The zero-order valence-electron chi connectivity index (χ0n) is 21.7. The number of imidazole rings is 1. The molecule has 2 aliphatic carbocycles. The van der Waals surface area contributed by atoms with E-state index < -0.39 is 5.60 Å². The van der Waals surface area contributed by atoms with Gasteiger partial charge in [0.15, 0.2) is 0 Å². The highest BCUT2D eigenvalue weighted by molar-refractivity contribution is 5.94. The van der Waals surface area contributed by atoms with E-state index >= 15 is 0 Å². The largest absolute Gasteiger partial charge is 0.390 e. The van der Waals surface area contributed by atoms with Crippen LogP contribution >= 0.6 is 0 Å². The van der Waals surface area contributed by atoms with E-state index in [9.17, 15) is 9.90 Å². The molecule has 6 nitrogen and oxygen atoms in total. The molecule has 2 saturated carbocycles. The van der Waals surface area contributed by atoms with Crippen LogP contribution in [0.2, 0.25) is 0 Å². The molecular weight excluding hydrogens is 436 g/mol. The molecule has 4 rings (SSSR count). The van der Waals surface area contributed by atoms with Crippen molar-refractivity contribution in [3.8, 4) is 12.3 Å². The molecule has 1 aromatic rings. The van der Waals surface area contributed by atoms with Gasteiger partial charge in [0.1, 0.15) is 5.69 Å². The number of rotatable bonds is 10. The summed E-state index contributed by atoms with van der Waals surface area (Å²) in [7, 11) is 0. The van der Waals surface area contributed by atoms with Crippen LogP contribution in [-0.4, -0.2) is 56.7 Å². The van der Waals surface area contributed by atoms with E-state index in [1.54, 1.807) is 0 Å². The summed E-state index contributed by atoms with van der Waals surface area (Å²) in [6, 6.07) is 0.197. The van der Waals surface area contributed by atoms with Crippen molar-refractivity contribution in [2.75, 3.05) is 19.6 Å². The maximum absolute atomic E-state index is 13.7. The maximum atomic E-state index is 13.7. The molecular formula is C29H44N4O2. The molecule has 3 fully saturated rings. The molecule has 3 aliphatic rings. The topological polar surface area (TPSA) is 70.4 Å².